The molecule has 0 aliphatic rings. The molecule has 1 aromatic carbocycles. The summed E-state index contributed by atoms with van der Waals surface area (Å²) in [6, 6.07) is 2.09. The Morgan fingerprint density at radius 2 is 1.75 bits per heavy atom. The Balaban J connectivity index is 2.45. The largest absolute Gasteiger partial charge is 0.383 e. The number of benzene rings is 1. The van der Waals surface area contributed by atoms with Crippen molar-refractivity contribution in [1.29, 1.82) is 0 Å². The highest BCUT2D eigenvalue weighted by Gasteiger charge is 2.12. The van der Waals surface area contributed by atoms with Crippen molar-refractivity contribution >= 4 is 5.69 Å². The van der Waals surface area contributed by atoms with Crippen molar-refractivity contribution in [2.75, 3.05) is 18.4 Å². The van der Waals surface area contributed by atoms with Crippen LogP contribution in [0.4, 0.5) is 18.9 Å². The van der Waals surface area contributed by atoms with Crippen LogP contribution in [0.3, 0.4) is 0 Å². The summed E-state index contributed by atoms with van der Waals surface area (Å²) in [6.45, 7) is 1.14. The van der Waals surface area contributed by atoms with Crippen molar-refractivity contribution < 1.29 is 13.2 Å². The van der Waals surface area contributed by atoms with E-state index in [9.17, 15) is 13.2 Å². The van der Waals surface area contributed by atoms with Crippen LogP contribution in [0, 0.1) is 17.5 Å². The minimum atomic E-state index is -1.44. The lowest BCUT2D eigenvalue weighted by Gasteiger charge is -2.07. The molecule has 0 bridgehead atoms. The summed E-state index contributed by atoms with van der Waals surface area (Å²) in [6.07, 6.45) is 2.65. The maximum Gasteiger partial charge on any atom is 0.196 e. The zero-order valence-electron chi connectivity index (χ0n) is 8.90. The van der Waals surface area contributed by atoms with Crippen molar-refractivity contribution in [3.63, 3.8) is 0 Å². The summed E-state index contributed by atoms with van der Waals surface area (Å²) in [5.41, 5.74) is 5.30. The molecule has 0 radical (unpaired) electrons. The Morgan fingerprint density at radius 3 is 2.44 bits per heavy atom. The van der Waals surface area contributed by atoms with Crippen LogP contribution in [0.2, 0.25) is 0 Å². The molecule has 0 saturated heterocycles. The highest BCUT2D eigenvalue weighted by atomic mass is 19.2. The molecule has 0 aromatic heterocycles. The molecule has 0 spiro atoms. The Morgan fingerprint density at radius 1 is 1.00 bits per heavy atom. The van der Waals surface area contributed by atoms with Gasteiger partial charge in [-0.25, -0.2) is 13.2 Å². The molecule has 5 heteroatoms. The van der Waals surface area contributed by atoms with E-state index in [0.29, 0.717) is 13.1 Å². The van der Waals surface area contributed by atoms with Crippen LogP contribution < -0.4 is 11.1 Å². The van der Waals surface area contributed by atoms with E-state index in [-0.39, 0.29) is 5.69 Å². The van der Waals surface area contributed by atoms with E-state index >= 15 is 0 Å². The first kappa shape index (κ1) is 12.8. The van der Waals surface area contributed by atoms with Crippen LogP contribution in [0.1, 0.15) is 19.3 Å². The van der Waals surface area contributed by atoms with Crippen molar-refractivity contribution in [1.82, 2.24) is 0 Å². The van der Waals surface area contributed by atoms with Gasteiger partial charge in [-0.2, -0.15) is 0 Å². The molecule has 0 fully saturated rings. The Kier molecular flexibility index (Phi) is 5.11. The lowest BCUT2D eigenvalue weighted by atomic mass is 10.2. The van der Waals surface area contributed by atoms with Crippen LogP contribution in [-0.4, -0.2) is 13.1 Å². The monoisotopic (exact) mass is 232 g/mol. The highest BCUT2D eigenvalue weighted by molar-refractivity contribution is 5.45. The van der Waals surface area contributed by atoms with Gasteiger partial charge in [0.2, 0.25) is 0 Å². The molecular weight excluding hydrogens is 217 g/mol. The van der Waals surface area contributed by atoms with Gasteiger partial charge in [0.05, 0.1) is 5.69 Å². The summed E-state index contributed by atoms with van der Waals surface area (Å²) in [7, 11) is 0. The van der Waals surface area contributed by atoms with Crippen LogP contribution >= 0.6 is 0 Å². The molecule has 0 unspecified atom stereocenters. The fourth-order valence-electron chi connectivity index (χ4n) is 1.33. The van der Waals surface area contributed by atoms with Crippen LogP contribution in [0.5, 0.6) is 0 Å². The summed E-state index contributed by atoms with van der Waals surface area (Å²) >= 11 is 0. The van der Waals surface area contributed by atoms with Gasteiger partial charge in [0.1, 0.15) is 0 Å². The molecule has 0 aliphatic carbocycles. The van der Waals surface area contributed by atoms with Gasteiger partial charge in [0.15, 0.2) is 17.5 Å². The minimum absolute atomic E-state index is 0.00773. The maximum absolute atomic E-state index is 13.1. The van der Waals surface area contributed by atoms with Crippen molar-refractivity contribution in [3.8, 4) is 0 Å². The smallest absolute Gasteiger partial charge is 0.196 e. The van der Waals surface area contributed by atoms with Crippen LogP contribution in [-0.2, 0) is 0 Å². The van der Waals surface area contributed by atoms with Gasteiger partial charge in [0, 0.05) is 6.54 Å². The number of anilines is 1. The standard InChI is InChI=1S/C11H15F3N2/c12-8-4-5-9(11(14)10(8)13)16-7-3-1-2-6-15/h4-5,16H,1-3,6-7,15H2. The summed E-state index contributed by atoms with van der Waals surface area (Å²) in [4.78, 5) is 0. The molecule has 3 N–H and O–H groups in total. The first-order valence-electron chi connectivity index (χ1n) is 5.24. The van der Waals surface area contributed by atoms with Gasteiger partial charge >= 0.3 is 0 Å². The molecule has 0 amide bonds. The quantitative estimate of drug-likeness (QED) is 0.584. The second kappa shape index (κ2) is 6.37. The third kappa shape index (κ3) is 3.41. The number of hydrogen-bond acceptors (Lipinski definition) is 2. The first-order chi connectivity index (χ1) is 7.66. The number of unbranched alkanes of at least 4 members (excludes halogenated alkanes) is 2. The second-order valence-corrected chi connectivity index (χ2v) is 3.50. The number of nitrogens with two attached hydrogens (primary N) is 1. The topological polar surface area (TPSA) is 38.0 Å². The molecule has 0 heterocycles. The second-order valence-electron chi connectivity index (χ2n) is 3.50. The zero-order chi connectivity index (χ0) is 12.0. The number of rotatable bonds is 6. The molecule has 2 nitrogen and oxygen atoms in total. The van der Waals surface area contributed by atoms with Gasteiger partial charge in [-0.3, -0.25) is 0 Å². The maximum atomic E-state index is 13.1. The predicted octanol–water partition coefficient (Wildman–Crippen LogP) is 2.64. The molecule has 90 valence electrons. The fraction of sp³-hybridized carbons (Fsp3) is 0.455. The van der Waals surface area contributed by atoms with E-state index in [2.05, 4.69) is 5.32 Å². The van der Waals surface area contributed by atoms with Gasteiger partial charge in [-0.05, 0) is 31.5 Å². The average molecular weight is 232 g/mol. The number of nitrogens with one attached hydrogen (secondary N) is 1. The molecule has 0 saturated carbocycles. The van der Waals surface area contributed by atoms with Crippen LogP contribution in [0.15, 0.2) is 12.1 Å². The Hall–Kier alpha value is -1.23. The first-order valence-corrected chi connectivity index (χ1v) is 5.24. The minimum Gasteiger partial charge on any atom is -0.383 e. The van der Waals surface area contributed by atoms with Gasteiger partial charge < -0.3 is 11.1 Å². The molecular formula is C11H15F3N2. The highest BCUT2D eigenvalue weighted by Crippen LogP contribution is 2.19. The SMILES string of the molecule is NCCCCCNc1ccc(F)c(F)c1F. The molecule has 0 aliphatic heterocycles. The molecule has 1 aromatic rings. The number of hydrogen-bond donors (Lipinski definition) is 2. The van der Waals surface area contributed by atoms with E-state index in [1.165, 1.54) is 6.07 Å². The third-order valence-corrected chi connectivity index (χ3v) is 2.23. The third-order valence-electron chi connectivity index (χ3n) is 2.23. The Bertz CT molecular complexity index is 342. The van der Waals surface area contributed by atoms with E-state index in [4.69, 9.17) is 5.73 Å². The Labute approximate surface area is 92.6 Å². The predicted molar refractivity (Wildman–Crippen MR) is 57.7 cm³/mol. The van der Waals surface area contributed by atoms with Crippen LogP contribution in [0.25, 0.3) is 0 Å². The van der Waals surface area contributed by atoms with Gasteiger partial charge in [0.25, 0.3) is 0 Å². The normalized spacial score (nSPS) is 10.5. The molecule has 16 heavy (non-hydrogen) atoms. The van der Waals surface area contributed by atoms with Crippen molar-refractivity contribution in [2.24, 2.45) is 5.73 Å². The number of halogens is 3. The molecule has 1 rings (SSSR count). The van der Waals surface area contributed by atoms with E-state index in [1.54, 1.807) is 0 Å². The van der Waals surface area contributed by atoms with E-state index in [1.807, 2.05) is 0 Å². The summed E-state index contributed by atoms with van der Waals surface area (Å²) in [5.74, 6) is -3.78. The zero-order valence-corrected chi connectivity index (χ0v) is 8.90. The summed E-state index contributed by atoms with van der Waals surface area (Å²) < 4.78 is 38.5. The lowest BCUT2D eigenvalue weighted by Crippen LogP contribution is -2.06. The van der Waals surface area contributed by atoms with E-state index in [0.717, 1.165) is 25.3 Å². The lowest BCUT2D eigenvalue weighted by molar-refractivity contribution is 0.449. The summed E-state index contributed by atoms with van der Waals surface area (Å²) in [5, 5.41) is 2.72. The average Bonchev–Trinajstić information content (AvgIpc) is 2.28. The molecule has 0 atom stereocenters. The van der Waals surface area contributed by atoms with Crippen molar-refractivity contribution in [3.05, 3.63) is 29.6 Å². The van der Waals surface area contributed by atoms with E-state index < -0.39 is 17.5 Å². The van der Waals surface area contributed by atoms with Gasteiger partial charge in [-0.1, -0.05) is 6.42 Å². The fourth-order valence-corrected chi connectivity index (χ4v) is 1.33. The van der Waals surface area contributed by atoms with Gasteiger partial charge in [-0.15, -0.1) is 0 Å². The van der Waals surface area contributed by atoms with Crippen molar-refractivity contribution in [2.45, 2.75) is 19.3 Å².